The number of aliphatic hydroxyl groups is 1. The minimum atomic E-state index is 0.258. The summed E-state index contributed by atoms with van der Waals surface area (Å²) in [4.78, 5) is 0. The normalized spacial score (nSPS) is 10.2. The second-order valence-electron chi connectivity index (χ2n) is 3.79. The molecule has 0 amide bonds. The summed E-state index contributed by atoms with van der Waals surface area (Å²) < 4.78 is 5.54. The molecule has 0 radical (unpaired) electrons. The van der Waals surface area contributed by atoms with Crippen LogP contribution in [0.15, 0.2) is 18.2 Å². The molecule has 3 heteroatoms. The lowest BCUT2D eigenvalue weighted by atomic mass is 10.2. The number of anilines is 1. The third-order valence-corrected chi connectivity index (χ3v) is 2.34. The van der Waals surface area contributed by atoms with Crippen LogP contribution in [0.4, 0.5) is 5.69 Å². The van der Waals surface area contributed by atoms with Crippen molar-refractivity contribution in [3.8, 4) is 5.75 Å². The number of aryl methyl sites for hydroxylation is 1. The maximum Gasteiger partial charge on any atom is 0.142 e. The lowest BCUT2D eigenvalue weighted by molar-refractivity contribution is 0.286. The molecule has 0 heterocycles. The fourth-order valence-corrected chi connectivity index (χ4v) is 1.52. The number of hydrogen-bond acceptors (Lipinski definition) is 3. The molecule has 0 unspecified atom stereocenters. The highest BCUT2D eigenvalue weighted by atomic mass is 16.5. The molecular formula is C13H21NO2. The van der Waals surface area contributed by atoms with Crippen molar-refractivity contribution < 1.29 is 9.84 Å². The van der Waals surface area contributed by atoms with Crippen LogP contribution in [0.1, 0.15) is 25.3 Å². The van der Waals surface area contributed by atoms with Crippen LogP contribution >= 0.6 is 0 Å². The summed E-state index contributed by atoms with van der Waals surface area (Å²) in [6.07, 6.45) is 1.80. The fourth-order valence-electron chi connectivity index (χ4n) is 1.52. The van der Waals surface area contributed by atoms with Gasteiger partial charge in [0, 0.05) is 13.2 Å². The van der Waals surface area contributed by atoms with Crippen LogP contribution in [-0.2, 0) is 0 Å². The summed E-state index contributed by atoms with van der Waals surface area (Å²) in [5, 5.41) is 12.0. The molecule has 90 valence electrons. The highest BCUT2D eigenvalue weighted by molar-refractivity contribution is 5.57. The number of rotatable bonds is 7. The third-order valence-electron chi connectivity index (χ3n) is 2.34. The molecule has 0 aliphatic heterocycles. The van der Waals surface area contributed by atoms with E-state index in [0.717, 1.165) is 30.8 Å². The van der Waals surface area contributed by atoms with Gasteiger partial charge in [-0.2, -0.15) is 0 Å². The van der Waals surface area contributed by atoms with Crippen molar-refractivity contribution in [3.05, 3.63) is 23.8 Å². The molecule has 0 bridgehead atoms. The lowest BCUT2D eigenvalue weighted by Gasteiger charge is -2.12. The van der Waals surface area contributed by atoms with Gasteiger partial charge >= 0.3 is 0 Å². The third kappa shape index (κ3) is 4.11. The first-order chi connectivity index (χ1) is 7.77. The Labute approximate surface area is 97.4 Å². The topological polar surface area (TPSA) is 41.5 Å². The minimum Gasteiger partial charge on any atom is -0.492 e. The van der Waals surface area contributed by atoms with Crippen LogP contribution in [0, 0.1) is 6.92 Å². The predicted octanol–water partition coefficient (Wildman–Crippen LogP) is 2.58. The molecule has 0 saturated heterocycles. The molecule has 2 N–H and O–H groups in total. The van der Waals surface area contributed by atoms with Crippen molar-refractivity contribution in [3.63, 3.8) is 0 Å². The number of ether oxygens (including phenoxy) is 1. The van der Waals surface area contributed by atoms with Crippen LogP contribution in [0.2, 0.25) is 0 Å². The largest absolute Gasteiger partial charge is 0.492 e. The Balaban J connectivity index is 2.57. The number of aliphatic hydroxyl groups excluding tert-OH is 1. The fraction of sp³-hybridized carbons (Fsp3) is 0.538. The van der Waals surface area contributed by atoms with Gasteiger partial charge in [-0.3, -0.25) is 0 Å². The van der Waals surface area contributed by atoms with Gasteiger partial charge in [0.25, 0.3) is 0 Å². The van der Waals surface area contributed by atoms with Crippen LogP contribution in [0.3, 0.4) is 0 Å². The molecule has 16 heavy (non-hydrogen) atoms. The van der Waals surface area contributed by atoms with E-state index in [1.807, 2.05) is 19.1 Å². The Kier molecular flexibility index (Phi) is 5.72. The Bertz CT molecular complexity index is 313. The molecule has 1 aromatic rings. The molecule has 0 aliphatic carbocycles. The zero-order valence-corrected chi connectivity index (χ0v) is 10.1. The highest BCUT2D eigenvalue weighted by Crippen LogP contribution is 2.25. The van der Waals surface area contributed by atoms with Gasteiger partial charge in [-0.1, -0.05) is 6.07 Å². The van der Waals surface area contributed by atoms with Crippen LogP contribution < -0.4 is 10.1 Å². The summed E-state index contributed by atoms with van der Waals surface area (Å²) in [6.45, 7) is 5.84. The summed E-state index contributed by atoms with van der Waals surface area (Å²) in [6, 6.07) is 6.13. The van der Waals surface area contributed by atoms with Gasteiger partial charge in [-0.15, -0.1) is 0 Å². The van der Waals surface area contributed by atoms with E-state index < -0.39 is 0 Å². The van der Waals surface area contributed by atoms with E-state index in [4.69, 9.17) is 9.84 Å². The second kappa shape index (κ2) is 7.12. The quantitative estimate of drug-likeness (QED) is 0.698. The number of nitrogens with one attached hydrogen (secondary N) is 1. The molecule has 0 saturated carbocycles. The maximum atomic E-state index is 8.69. The molecule has 0 aliphatic rings. The van der Waals surface area contributed by atoms with Gasteiger partial charge in [0.05, 0.1) is 12.3 Å². The van der Waals surface area contributed by atoms with Crippen molar-refractivity contribution in [2.24, 2.45) is 0 Å². The van der Waals surface area contributed by atoms with Gasteiger partial charge < -0.3 is 15.2 Å². The van der Waals surface area contributed by atoms with Gasteiger partial charge in [-0.25, -0.2) is 0 Å². The first-order valence-electron chi connectivity index (χ1n) is 5.86. The first-order valence-corrected chi connectivity index (χ1v) is 5.86. The monoisotopic (exact) mass is 223 g/mol. The highest BCUT2D eigenvalue weighted by Gasteiger charge is 2.02. The standard InChI is InChI=1S/C13H21NO2/c1-3-16-13-7-6-11(2)10-12(13)14-8-4-5-9-15/h6-7,10,14-15H,3-5,8-9H2,1-2H3. The zero-order valence-electron chi connectivity index (χ0n) is 10.1. The summed E-state index contributed by atoms with van der Waals surface area (Å²) in [5.41, 5.74) is 2.26. The first kappa shape index (κ1) is 12.8. The van der Waals surface area contributed by atoms with Gasteiger partial charge in [0.15, 0.2) is 0 Å². The SMILES string of the molecule is CCOc1ccc(C)cc1NCCCCO. The maximum absolute atomic E-state index is 8.69. The Morgan fingerprint density at radius 1 is 1.31 bits per heavy atom. The van der Waals surface area contributed by atoms with Crippen LogP contribution in [0.5, 0.6) is 5.75 Å². The average molecular weight is 223 g/mol. The Hall–Kier alpha value is -1.22. The molecule has 3 nitrogen and oxygen atoms in total. The van der Waals surface area contributed by atoms with Crippen molar-refractivity contribution in [1.29, 1.82) is 0 Å². The molecular weight excluding hydrogens is 202 g/mol. The molecule has 0 fully saturated rings. The van der Waals surface area contributed by atoms with E-state index in [1.165, 1.54) is 5.56 Å². The zero-order chi connectivity index (χ0) is 11.8. The molecule has 0 aromatic heterocycles. The van der Waals surface area contributed by atoms with Gasteiger partial charge in [0.2, 0.25) is 0 Å². The Morgan fingerprint density at radius 3 is 2.81 bits per heavy atom. The van der Waals surface area contributed by atoms with Crippen molar-refractivity contribution in [2.75, 3.05) is 25.1 Å². The molecule has 0 atom stereocenters. The summed E-state index contributed by atoms with van der Waals surface area (Å²) in [7, 11) is 0. The van der Waals surface area contributed by atoms with Crippen molar-refractivity contribution >= 4 is 5.69 Å². The van der Waals surface area contributed by atoms with Crippen molar-refractivity contribution in [2.45, 2.75) is 26.7 Å². The van der Waals surface area contributed by atoms with Crippen molar-refractivity contribution in [1.82, 2.24) is 0 Å². The van der Waals surface area contributed by atoms with E-state index >= 15 is 0 Å². The Morgan fingerprint density at radius 2 is 2.12 bits per heavy atom. The van der Waals surface area contributed by atoms with E-state index in [2.05, 4.69) is 18.3 Å². The van der Waals surface area contributed by atoms with E-state index in [-0.39, 0.29) is 6.61 Å². The number of benzene rings is 1. The van der Waals surface area contributed by atoms with E-state index in [1.54, 1.807) is 0 Å². The smallest absolute Gasteiger partial charge is 0.142 e. The molecule has 1 aromatic carbocycles. The number of unbranched alkanes of at least 4 members (excludes halogenated alkanes) is 1. The molecule has 0 spiro atoms. The van der Waals surface area contributed by atoms with E-state index in [0.29, 0.717) is 6.61 Å². The molecule has 1 rings (SSSR count). The van der Waals surface area contributed by atoms with E-state index in [9.17, 15) is 0 Å². The summed E-state index contributed by atoms with van der Waals surface area (Å²) in [5.74, 6) is 0.900. The predicted molar refractivity (Wildman–Crippen MR) is 67.2 cm³/mol. The van der Waals surface area contributed by atoms with Gasteiger partial charge in [-0.05, 0) is 44.4 Å². The van der Waals surface area contributed by atoms with Crippen LogP contribution in [0.25, 0.3) is 0 Å². The summed E-state index contributed by atoms with van der Waals surface area (Å²) >= 11 is 0. The minimum absolute atomic E-state index is 0.258. The number of hydrogen-bond donors (Lipinski definition) is 2. The lowest BCUT2D eigenvalue weighted by Crippen LogP contribution is -2.05. The average Bonchev–Trinajstić information content (AvgIpc) is 2.28. The second-order valence-corrected chi connectivity index (χ2v) is 3.79. The van der Waals surface area contributed by atoms with Crippen LogP contribution in [-0.4, -0.2) is 24.9 Å². The van der Waals surface area contributed by atoms with Gasteiger partial charge in [0.1, 0.15) is 5.75 Å².